The Bertz CT molecular complexity index is 849. The molecule has 0 aliphatic rings. The zero-order valence-electron chi connectivity index (χ0n) is 13.8. The molecule has 0 fully saturated rings. The standard InChI is InChI=1S/C18H18FN5O/c1-2-16(13-7-9-20-10-8-13)21-18(25)17-12-24(23-22-17)11-14-5-3-4-6-15(14)19/h3-10,12,16H,2,11H2,1H3,(H,21,25). The summed E-state index contributed by atoms with van der Waals surface area (Å²) in [5.41, 5.74) is 1.66. The minimum absolute atomic E-state index is 0.132. The Hall–Kier alpha value is -3.09. The van der Waals surface area contributed by atoms with E-state index < -0.39 is 0 Å². The number of hydrogen-bond donors (Lipinski definition) is 1. The number of halogens is 1. The average molecular weight is 339 g/mol. The van der Waals surface area contributed by atoms with E-state index in [-0.39, 0.29) is 30.0 Å². The van der Waals surface area contributed by atoms with Gasteiger partial charge in [-0.1, -0.05) is 30.3 Å². The van der Waals surface area contributed by atoms with Crippen molar-refractivity contribution in [1.82, 2.24) is 25.3 Å². The predicted octanol–water partition coefficient (Wildman–Crippen LogP) is 2.74. The number of amides is 1. The number of nitrogens with one attached hydrogen (secondary N) is 1. The Balaban J connectivity index is 1.69. The van der Waals surface area contributed by atoms with Gasteiger partial charge in [-0.05, 0) is 30.2 Å². The lowest BCUT2D eigenvalue weighted by Crippen LogP contribution is -2.28. The fraction of sp³-hybridized carbons (Fsp3) is 0.222. The molecule has 0 aliphatic carbocycles. The molecule has 1 atom stereocenters. The maximum atomic E-state index is 13.7. The number of carbonyl (C=O) groups excluding carboxylic acids is 1. The van der Waals surface area contributed by atoms with E-state index in [0.29, 0.717) is 5.56 Å². The van der Waals surface area contributed by atoms with Crippen LogP contribution in [0.25, 0.3) is 0 Å². The van der Waals surface area contributed by atoms with Crippen molar-refractivity contribution >= 4 is 5.91 Å². The number of carbonyl (C=O) groups is 1. The van der Waals surface area contributed by atoms with Gasteiger partial charge in [-0.2, -0.15) is 0 Å². The molecule has 128 valence electrons. The van der Waals surface area contributed by atoms with Crippen LogP contribution in [0, 0.1) is 5.82 Å². The van der Waals surface area contributed by atoms with Crippen LogP contribution in [-0.4, -0.2) is 25.9 Å². The van der Waals surface area contributed by atoms with Crippen LogP contribution in [0.1, 0.15) is 41.0 Å². The summed E-state index contributed by atoms with van der Waals surface area (Å²) >= 11 is 0. The molecule has 1 N–H and O–H groups in total. The second-order valence-corrected chi connectivity index (χ2v) is 5.61. The summed E-state index contributed by atoms with van der Waals surface area (Å²) in [4.78, 5) is 16.4. The summed E-state index contributed by atoms with van der Waals surface area (Å²) in [6.45, 7) is 2.20. The molecule has 25 heavy (non-hydrogen) atoms. The van der Waals surface area contributed by atoms with Gasteiger partial charge in [0.2, 0.25) is 0 Å². The van der Waals surface area contributed by atoms with Crippen LogP contribution < -0.4 is 5.32 Å². The molecule has 0 aliphatic heterocycles. The minimum Gasteiger partial charge on any atom is -0.344 e. The first-order valence-corrected chi connectivity index (χ1v) is 8.01. The van der Waals surface area contributed by atoms with Crippen molar-refractivity contribution in [1.29, 1.82) is 0 Å². The van der Waals surface area contributed by atoms with Gasteiger partial charge in [0.05, 0.1) is 18.8 Å². The molecular weight excluding hydrogens is 321 g/mol. The van der Waals surface area contributed by atoms with Crippen molar-refractivity contribution in [3.05, 3.63) is 77.6 Å². The molecule has 0 spiro atoms. The quantitative estimate of drug-likeness (QED) is 0.749. The van der Waals surface area contributed by atoms with E-state index in [1.165, 1.54) is 16.9 Å². The second kappa shape index (κ2) is 7.65. The summed E-state index contributed by atoms with van der Waals surface area (Å²) < 4.78 is 15.1. The van der Waals surface area contributed by atoms with Gasteiger partial charge < -0.3 is 5.32 Å². The highest BCUT2D eigenvalue weighted by Gasteiger charge is 2.17. The normalized spacial score (nSPS) is 11.9. The number of rotatable bonds is 6. The van der Waals surface area contributed by atoms with Gasteiger partial charge in [-0.15, -0.1) is 5.10 Å². The number of pyridine rings is 1. The molecule has 2 aromatic heterocycles. The van der Waals surface area contributed by atoms with Gasteiger partial charge >= 0.3 is 0 Å². The average Bonchev–Trinajstić information content (AvgIpc) is 3.11. The Morgan fingerprint density at radius 2 is 2.00 bits per heavy atom. The molecule has 1 amide bonds. The topological polar surface area (TPSA) is 72.7 Å². The van der Waals surface area contributed by atoms with E-state index in [9.17, 15) is 9.18 Å². The van der Waals surface area contributed by atoms with Crippen LogP contribution in [0.3, 0.4) is 0 Å². The first-order chi connectivity index (χ1) is 12.2. The van der Waals surface area contributed by atoms with Gasteiger partial charge in [0, 0.05) is 18.0 Å². The van der Waals surface area contributed by atoms with Crippen LogP contribution >= 0.6 is 0 Å². The number of benzene rings is 1. The van der Waals surface area contributed by atoms with Crippen LogP contribution in [0.2, 0.25) is 0 Å². The summed E-state index contributed by atoms with van der Waals surface area (Å²) in [7, 11) is 0. The highest BCUT2D eigenvalue weighted by Crippen LogP contribution is 2.16. The van der Waals surface area contributed by atoms with E-state index in [4.69, 9.17) is 0 Å². The Morgan fingerprint density at radius 1 is 1.24 bits per heavy atom. The van der Waals surface area contributed by atoms with Crippen molar-refractivity contribution in [2.75, 3.05) is 0 Å². The van der Waals surface area contributed by atoms with Gasteiger partial charge in [-0.3, -0.25) is 9.78 Å². The van der Waals surface area contributed by atoms with Crippen LogP contribution in [-0.2, 0) is 6.54 Å². The van der Waals surface area contributed by atoms with E-state index in [0.717, 1.165) is 12.0 Å². The van der Waals surface area contributed by atoms with Gasteiger partial charge in [0.1, 0.15) is 5.82 Å². The molecule has 7 heteroatoms. The maximum Gasteiger partial charge on any atom is 0.273 e. The molecule has 3 rings (SSSR count). The molecule has 2 heterocycles. The second-order valence-electron chi connectivity index (χ2n) is 5.61. The zero-order valence-corrected chi connectivity index (χ0v) is 13.8. The third-order valence-electron chi connectivity index (χ3n) is 3.88. The lowest BCUT2D eigenvalue weighted by atomic mass is 10.1. The zero-order chi connectivity index (χ0) is 17.6. The molecule has 0 saturated carbocycles. The van der Waals surface area contributed by atoms with Crippen molar-refractivity contribution in [3.63, 3.8) is 0 Å². The lowest BCUT2D eigenvalue weighted by Gasteiger charge is -2.16. The molecule has 0 saturated heterocycles. The largest absolute Gasteiger partial charge is 0.344 e. The van der Waals surface area contributed by atoms with E-state index in [2.05, 4.69) is 20.6 Å². The SMILES string of the molecule is CCC(NC(=O)c1cn(Cc2ccccc2F)nn1)c1ccncc1. The molecule has 6 nitrogen and oxygen atoms in total. The molecule has 1 unspecified atom stereocenters. The maximum absolute atomic E-state index is 13.7. The third-order valence-corrected chi connectivity index (χ3v) is 3.88. The van der Waals surface area contributed by atoms with Crippen LogP contribution in [0.5, 0.6) is 0 Å². The van der Waals surface area contributed by atoms with Gasteiger partial charge in [0.15, 0.2) is 5.69 Å². The number of nitrogens with zero attached hydrogens (tertiary/aromatic N) is 4. The fourth-order valence-electron chi connectivity index (χ4n) is 2.53. The van der Waals surface area contributed by atoms with Crippen LogP contribution in [0.15, 0.2) is 55.0 Å². The molecule has 3 aromatic rings. The van der Waals surface area contributed by atoms with Crippen molar-refractivity contribution in [2.45, 2.75) is 25.9 Å². The van der Waals surface area contributed by atoms with Gasteiger partial charge in [-0.25, -0.2) is 9.07 Å². The number of aromatic nitrogens is 4. The van der Waals surface area contributed by atoms with Crippen LogP contribution in [0.4, 0.5) is 4.39 Å². The Morgan fingerprint density at radius 3 is 2.72 bits per heavy atom. The summed E-state index contributed by atoms with van der Waals surface area (Å²) in [6.07, 6.45) is 5.63. The molecule has 0 bridgehead atoms. The van der Waals surface area contributed by atoms with Crippen molar-refractivity contribution in [3.8, 4) is 0 Å². The van der Waals surface area contributed by atoms with Crippen molar-refractivity contribution < 1.29 is 9.18 Å². The Kier molecular flexibility index (Phi) is 5.13. The fourth-order valence-corrected chi connectivity index (χ4v) is 2.53. The number of hydrogen-bond acceptors (Lipinski definition) is 4. The highest BCUT2D eigenvalue weighted by molar-refractivity contribution is 5.92. The lowest BCUT2D eigenvalue weighted by molar-refractivity contribution is 0.0930. The summed E-state index contributed by atoms with van der Waals surface area (Å²) in [5.74, 6) is -0.629. The van der Waals surface area contributed by atoms with E-state index in [1.807, 2.05) is 19.1 Å². The van der Waals surface area contributed by atoms with E-state index >= 15 is 0 Å². The first kappa shape index (κ1) is 16.8. The molecule has 1 aromatic carbocycles. The predicted molar refractivity (Wildman–Crippen MR) is 90.3 cm³/mol. The first-order valence-electron chi connectivity index (χ1n) is 8.01. The Labute approximate surface area is 144 Å². The van der Waals surface area contributed by atoms with Gasteiger partial charge in [0.25, 0.3) is 5.91 Å². The minimum atomic E-state index is -0.316. The third kappa shape index (κ3) is 4.06. The summed E-state index contributed by atoms with van der Waals surface area (Å²) in [6, 6.07) is 10.0. The smallest absolute Gasteiger partial charge is 0.273 e. The molecular formula is C18H18FN5O. The van der Waals surface area contributed by atoms with E-state index in [1.54, 1.807) is 30.6 Å². The highest BCUT2D eigenvalue weighted by atomic mass is 19.1. The monoisotopic (exact) mass is 339 g/mol. The van der Waals surface area contributed by atoms with Crippen molar-refractivity contribution in [2.24, 2.45) is 0 Å². The summed E-state index contributed by atoms with van der Waals surface area (Å²) in [5, 5.41) is 10.7. The molecule has 0 radical (unpaired) electrons.